The Balaban J connectivity index is 2.11. The minimum absolute atomic E-state index is 0.181. The van der Waals surface area contributed by atoms with Gasteiger partial charge in [-0.3, -0.25) is 4.79 Å². The number of sulfone groups is 1. The normalized spacial score (nSPS) is 11.5. The average Bonchev–Trinajstić information content (AvgIpc) is 3.00. The first-order valence-electron chi connectivity index (χ1n) is 7.49. The van der Waals surface area contributed by atoms with Gasteiger partial charge in [-0.05, 0) is 18.2 Å². The van der Waals surface area contributed by atoms with Crippen LogP contribution in [-0.2, 0) is 25.9 Å². The molecule has 0 aliphatic carbocycles. The number of hydrogen-bond acceptors (Lipinski definition) is 4. The first-order chi connectivity index (χ1) is 11.5. The van der Waals surface area contributed by atoms with Gasteiger partial charge in [0.25, 0.3) is 0 Å². The van der Waals surface area contributed by atoms with Crippen molar-refractivity contribution < 1.29 is 17.9 Å². The molecule has 0 aliphatic heterocycles. The van der Waals surface area contributed by atoms with Crippen molar-refractivity contribution in [3.63, 3.8) is 0 Å². The van der Waals surface area contributed by atoms with E-state index in [0.717, 1.165) is 5.52 Å². The minimum Gasteiger partial charge on any atom is -0.469 e. The Kier molecular flexibility index (Phi) is 4.40. The first-order valence-corrected chi connectivity index (χ1v) is 8.97. The summed E-state index contributed by atoms with van der Waals surface area (Å²) < 4.78 is 32.3. The molecule has 0 radical (unpaired) electrons. The molecule has 0 N–H and O–H groups in total. The average molecular weight is 343 g/mol. The summed E-state index contributed by atoms with van der Waals surface area (Å²) in [4.78, 5) is 11.9. The van der Waals surface area contributed by atoms with Gasteiger partial charge >= 0.3 is 5.97 Å². The molecular weight excluding hydrogens is 326 g/mol. The lowest BCUT2D eigenvalue weighted by atomic mass is 10.2. The second-order valence-corrected chi connectivity index (χ2v) is 7.26. The fourth-order valence-electron chi connectivity index (χ4n) is 2.65. The van der Waals surface area contributed by atoms with Crippen molar-refractivity contribution in [1.29, 1.82) is 0 Å². The quantitative estimate of drug-likeness (QED) is 0.668. The van der Waals surface area contributed by atoms with Gasteiger partial charge in [0.05, 0.1) is 23.3 Å². The van der Waals surface area contributed by atoms with E-state index < -0.39 is 9.84 Å². The zero-order valence-corrected chi connectivity index (χ0v) is 14.0. The molecule has 1 aromatic heterocycles. The molecule has 0 bridgehead atoms. The smallest absolute Gasteiger partial charge is 0.307 e. The first kappa shape index (κ1) is 16.3. The Labute approximate surface area is 140 Å². The molecule has 24 heavy (non-hydrogen) atoms. The lowest BCUT2D eigenvalue weighted by Gasteiger charge is -2.03. The number of esters is 1. The predicted molar refractivity (Wildman–Crippen MR) is 90.5 cm³/mol. The molecule has 1 heterocycles. The van der Waals surface area contributed by atoms with E-state index in [1.165, 1.54) is 7.11 Å². The number of benzene rings is 2. The Morgan fingerprint density at radius 1 is 1.04 bits per heavy atom. The number of fused-ring (bicyclic) bond motifs is 1. The van der Waals surface area contributed by atoms with Crippen LogP contribution < -0.4 is 0 Å². The zero-order chi connectivity index (χ0) is 17.2. The van der Waals surface area contributed by atoms with Gasteiger partial charge in [0, 0.05) is 23.6 Å². The second kappa shape index (κ2) is 6.49. The Morgan fingerprint density at radius 2 is 1.71 bits per heavy atom. The molecule has 0 spiro atoms. The van der Waals surface area contributed by atoms with Crippen LogP contribution in [-0.4, -0.2) is 26.1 Å². The molecule has 3 aromatic rings. The summed E-state index contributed by atoms with van der Waals surface area (Å²) in [5.41, 5.74) is 0.774. The van der Waals surface area contributed by atoms with Crippen LogP contribution in [0, 0.1) is 0 Å². The van der Waals surface area contributed by atoms with Crippen molar-refractivity contribution in [3.05, 3.63) is 60.8 Å². The van der Waals surface area contributed by atoms with E-state index in [-0.39, 0.29) is 22.2 Å². The molecule has 0 saturated carbocycles. The van der Waals surface area contributed by atoms with Crippen molar-refractivity contribution >= 4 is 26.7 Å². The molecular formula is C18H17NO4S. The van der Waals surface area contributed by atoms with Gasteiger partial charge in [-0.1, -0.05) is 36.4 Å². The van der Waals surface area contributed by atoms with Gasteiger partial charge in [-0.2, -0.15) is 0 Å². The third-order valence-corrected chi connectivity index (χ3v) is 5.68. The Hall–Kier alpha value is -2.60. The fourth-order valence-corrected chi connectivity index (χ4v) is 4.15. The van der Waals surface area contributed by atoms with Gasteiger partial charge < -0.3 is 9.30 Å². The van der Waals surface area contributed by atoms with Crippen LogP contribution in [0.4, 0.5) is 0 Å². The van der Waals surface area contributed by atoms with Gasteiger partial charge in [-0.15, -0.1) is 0 Å². The number of aromatic nitrogens is 1. The van der Waals surface area contributed by atoms with Crippen LogP contribution in [0.2, 0.25) is 0 Å². The lowest BCUT2D eigenvalue weighted by Crippen LogP contribution is -2.06. The third kappa shape index (κ3) is 2.92. The van der Waals surface area contributed by atoms with E-state index >= 15 is 0 Å². The van der Waals surface area contributed by atoms with Crippen LogP contribution in [0.3, 0.4) is 0 Å². The molecule has 0 aliphatic rings. The van der Waals surface area contributed by atoms with Crippen molar-refractivity contribution in [2.45, 2.75) is 22.8 Å². The molecule has 0 fully saturated rings. The van der Waals surface area contributed by atoms with Crippen LogP contribution in [0.1, 0.15) is 6.42 Å². The number of aryl methyl sites for hydroxylation is 1. The van der Waals surface area contributed by atoms with Crippen LogP contribution in [0.5, 0.6) is 0 Å². The number of hydrogen-bond donors (Lipinski definition) is 0. The van der Waals surface area contributed by atoms with E-state index in [4.69, 9.17) is 0 Å². The summed E-state index contributed by atoms with van der Waals surface area (Å²) in [7, 11) is -2.29. The number of methoxy groups -OCH3 is 1. The van der Waals surface area contributed by atoms with E-state index in [9.17, 15) is 13.2 Å². The fraction of sp³-hybridized carbons (Fsp3) is 0.167. The maximum Gasteiger partial charge on any atom is 0.307 e. The zero-order valence-electron chi connectivity index (χ0n) is 13.2. The largest absolute Gasteiger partial charge is 0.469 e. The highest BCUT2D eigenvalue weighted by Crippen LogP contribution is 2.30. The number of nitrogens with zero attached hydrogens (tertiary/aromatic N) is 1. The van der Waals surface area contributed by atoms with Gasteiger partial charge in [-0.25, -0.2) is 8.42 Å². The Morgan fingerprint density at radius 3 is 2.42 bits per heavy atom. The highest BCUT2D eigenvalue weighted by Gasteiger charge is 2.23. The van der Waals surface area contributed by atoms with E-state index in [1.54, 1.807) is 53.2 Å². The molecule has 0 amide bonds. The highest BCUT2D eigenvalue weighted by atomic mass is 32.2. The lowest BCUT2D eigenvalue weighted by molar-refractivity contribution is -0.140. The summed E-state index contributed by atoms with van der Waals surface area (Å²) in [6.45, 7) is 0.359. The highest BCUT2D eigenvalue weighted by molar-refractivity contribution is 7.91. The molecule has 2 aromatic carbocycles. The number of carbonyl (C=O) groups is 1. The summed E-state index contributed by atoms with van der Waals surface area (Å²) in [6.07, 6.45) is 1.77. The van der Waals surface area contributed by atoms with E-state index in [1.807, 2.05) is 12.1 Å². The minimum atomic E-state index is -3.63. The van der Waals surface area contributed by atoms with Crippen molar-refractivity contribution in [2.75, 3.05) is 7.11 Å². The number of para-hydroxylation sites is 1. The van der Waals surface area contributed by atoms with Crippen LogP contribution in [0.25, 0.3) is 10.9 Å². The summed E-state index contributed by atoms with van der Waals surface area (Å²) in [5.74, 6) is -0.333. The molecule has 5 nitrogen and oxygen atoms in total. The molecule has 0 atom stereocenters. The number of ether oxygens (including phenoxy) is 1. The summed E-state index contributed by atoms with van der Waals surface area (Å²) in [5, 5.41) is 0.645. The molecule has 0 unspecified atom stereocenters. The van der Waals surface area contributed by atoms with Crippen molar-refractivity contribution in [3.8, 4) is 0 Å². The number of rotatable bonds is 5. The van der Waals surface area contributed by atoms with Crippen LogP contribution >= 0.6 is 0 Å². The van der Waals surface area contributed by atoms with Gasteiger partial charge in [0.1, 0.15) is 0 Å². The summed E-state index contributed by atoms with van der Waals surface area (Å²) >= 11 is 0. The Bertz CT molecular complexity index is 975. The van der Waals surface area contributed by atoms with Crippen molar-refractivity contribution in [1.82, 2.24) is 4.57 Å². The topological polar surface area (TPSA) is 65.4 Å². The molecule has 6 heteroatoms. The van der Waals surface area contributed by atoms with Crippen molar-refractivity contribution in [2.24, 2.45) is 0 Å². The molecule has 3 rings (SSSR count). The summed E-state index contributed by atoms with van der Waals surface area (Å²) in [6, 6.07) is 15.6. The molecule has 0 saturated heterocycles. The third-order valence-electron chi connectivity index (χ3n) is 3.88. The number of carbonyl (C=O) groups excluding carboxylic acids is 1. The van der Waals surface area contributed by atoms with E-state index in [0.29, 0.717) is 11.9 Å². The second-order valence-electron chi connectivity index (χ2n) is 5.35. The maximum atomic E-state index is 13.0. The molecule has 124 valence electrons. The standard InChI is InChI=1S/C18H17NO4S/c1-23-18(20)11-12-19-13-17(15-9-5-6-10-16(15)19)24(21,22)14-7-3-2-4-8-14/h2-10,13H,11-12H2,1H3. The van der Waals surface area contributed by atoms with E-state index in [2.05, 4.69) is 4.74 Å². The van der Waals surface area contributed by atoms with Crippen LogP contribution in [0.15, 0.2) is 70.6 Å². The maximum absolute atomic E-state index is 13.0. The predicted octanol–water partition coefficient (Wildman–Crippen LogP) is 3.04. The monoisotopic (exact) mass is 343 g/mol. The SMILES string of the molecule is COC(=O)CCn1cc(S(=O)(=O)c2ccccc2)c2ccccc21. The van der Waals surface area contributed by atoms with Gasteiger partial charge in [0.15, 0.2) is 0 Å². The van der Waals surface area contributed by atoms with Gasteiger partial charge in [0.2, 0.25) is 9.84 Å².